The zero-order valence-corrected chi connectivity index (χ0v) is 12.5. The summed E-state index contributed by atoms with van der Waals surface area (Å²) < 4.78 is 20.0. The molecule has 2 aromatic carbocycles. The van der Waals surface area contributed by atoms with Gasteiger partial charge in [0.2, 0.25) is 0 Å². The number of nitrogens with one attached hydrogen (secondary N) is 1. The third-order valence-corrected chi connectivity index (χ3v) is 3.39. The molecule has 0 amide bonds. The number of rotatable bonds is 4. The van der Waals surface area contributed by atoms with Crippen LogP contribution in [0.15, 0.2) is 40.9 Å². The molecule has 0 saturated heterocycles. The molecule has 0 aliphatic carbocycles. The summed E-state index contributed by atoms with van der Waals surface area (Å²) in [6.07, 6.45) is 0. The first-order valence-electron chi connectivity index (χ1n) is 5.99. The second-order valence-electron chi connectivity index (χ2n) is 4.42. The van der Waals surface area contributed by atoms with Crippen molar-refractivity contribution in [3.05, 3.63) is 63.4 Å². The van der Waals surface area contributed by atoms with E-state index in [-0.39, 0.29) is 18.3 Å². The van der Waals surface area contributed by atoms with E-state index >= 15 is 0 Å². The molecule has 0 heterocycles. The largest absolute Gasteiger partial charge is 0.489 e. The van der Waals surface area contributed by atoms with Crippen molar-refractivity contribution < 1.29 is 9.13 Å². The maximum absolute atomic E-state index is 13.7. The Labute approximate surface area is 125 Å². The molecule has 0 fully saturated rings. The van der Waals surface area contributed by atoms with Crippen LogP contribution in [-0.2, 0) is 6.61 Å². The van der Waals surface area contributed by atoms with Gasteiger partial charge in [-0.3, -0.25) is 5.41 Å². The maximum Gasteiger partial charge on any atom is 0.130 e. The normalized spacial score (nSPS) is 10.3. The summed E-state index contributed by atoms with van der Waals surface area (Å²) in [7, 11) is 0. The van der Waals surface area contributed by atoms with E-state index in [2.05, 4.69) is 15.9 Å². The summed E-state index contributed by atoms with van der Waals surface area (Å²) >= 11 is 3.21. The molecule has 3 N–H and O–H groups in total. The molecule has 0 bridgehead atoms. The lowest BCUT2D eigenvalue weighted by Crippen LogP contribution is -2.11. The van der Waals surface area contributed by atoms with Crippen LogP contribution in [0.5, 0.6) is 5.75 Å². The maximum atomic E-state index is 13.7. The lowest BCUT2D eigenvalue weighted by molar-refractivity contribution is 0.297. The standard InChI is InChI=1S/C15H14BrFN2O/c1-9-2-3-10(15(18)19)6-14(9)20-8-11-4-5-12(16)7-13(11)17/h2-7H,8H2,1H3,(H3,18,19). The number of nitrogen functional groups attached to an aromatic ring is 1. The predicted octanol–water partition coefficient (Wildman–Crippen LogP) is 3.76. The van der Waals surface area contributed by atoms with E-state index in [0.717, 1.165) is 5.56 Å². The van der Waals surface area contributed by atoms with Crippen LogP contribution in [0.1, 0.15) is 16.7 Å². The van der Waals surface area contributed by atoms with Gasteiger partial charge in [-0.25, -0.2) is 4.39 Å². The Bertz CT molecular complexity index is 658. The van der Waals surface area contributed by atoms with Crippen molar-refractivity contribution >= 4 is 21.8 Å². The molecular weight excluding hydrogens is 323 g/mol. The number of hydrogen-bond donors (Lipinski definition) is 2. The summed E-state index contributed by atoms with van der Waals surface area (Å²) in [6.45, 7) is 2.01. The van der Waals surface area contributed by atoms with Gasteiger partial charge in [0.1, 0.15) is 24.0 Å². The number of benzene rings is 2. The highest BCUT2D eigenvalue weighted by Crippen LogP contribution is 2.22. The molecular formula is C15H14BrFN2O. The highest BCUT2D eigenvalue weighted by Gasteiger charge is 2.07. The van der Waals surface area contributed by atoms with Gasteiger partial charge in [-0.05, 0) is 30.7 Å². The molecule has 0 aromatic heterocycles. The van der Waals surface area contributed by atoms with E-state index < -0.39 is 0 Å². The van der Waals surface area contributed by atoms with Gasteiger partial charge >= 0.3 is 0 Å². The fraction of sp³-hybridized carbons (Fsp3) is 0.133. The number of ether oxygens (including phenoxy) is 1. The molecule has 20 heavy (non-hydrogen) atoms. The summed E-state index contributed by atoms with van der Waals surface area (Å²) in [5.41, 5.74) is 7.41. The van der Waals surface area contributed by atoms with Gasteiger partial charge in [-0.15, -0.1) is 0 Å². The summed E-state index contributed by atoms with van der Waals surface area (Å²) in [5, 5.41) is 7.41. The average Bonchev–Trinajstić information content (AvgIpc) is 2.39. The van der Waals surface area contributed by atoms with Gasteiger partial charge in [-0.1, -0.05) is 34.1 Å². The van der Waals surface area contributed by atoms with Crippen LogP contribution >= 0.6 is 15.9 Å². The Morgan fingerprint density at radius 2 is 2.05 bits per heavy atom. The number of halogens is 2. The van der Waals surface area contributed by atoms with Crippen LogP contribution in [0.3, 0.4) is 0 Å². The highest BCUT2D eigenvalue weighted by atomic mass is 79.9. The van der Waals surface area contributed by atoms with Gasteiger partial charge in [0.15, 0.2) is 0 Å². The van der Waals surface area contributed by atoms with Crippen LogP contribution in [0.2, 0.25) is 0 Å². The molecule has 0 atom stereocenters. The topological polar surface area (TPSA) is 59.1 Å². The van der Waals surface area contributed by atoms with Crippen LogP contribution in [0.25, 0.3) is 0 Å². The van der Waals surface area contributed by atoms with Crippen molar-refractivity contribution in [1.29, 1.82) is 5.41 Å². The highest BCUT2D eigenvalue weighted by molar-refractivity contribution is 9.10. The van der Waals surface area contributed by atoms with Crippen molar-refractivity contribution in [3.63, 3.8) is 0 Å². The average molecular weight is 337 g/mol. The van der Waals surface area contributed by atoms with Gasteiger partial charge in [0.05, 0.1) is 0 Å². The van der Waals surface area contributed by atoms with Gasteiger partial charge in [0, 0.05) is 15.6 Å². The second-order valence-corrected chi connectivity index (χ2v) is 5.33. The first-order chi connectivity index (χ1) is 9.47. The monoisotopic (exact) mass is 336 g/mol. The van der Waals surface area contributed by atoms with E-state index in [1.165, 1.54) is 6.07 Å². The van der Waals surface area contributed by atoms with Crippen molar-refractivity contribution in [2.24, 2.45) is 5.73 Å². The summed E-state index contributed by atoms with van der Waals surface area (Å²) in [6, 6.07) is 10.1. The Balaban J connectivity index is 2.18. The van der Waals surface area contributed by atoms with Gasteiger partial charge in [-0.2, -0.15) is 0 Å². The number of hydrogen-bond acceptors (Lipinski definition) is 2. The lowest BCUT2D eigenvalue weighted by atomic mass is 10.1. The molecule has 104 valence electrons. The number of aryl methyl sites for hydroxylation is 1. The van der Waals surface area contributed by atoms with Crippen LogP contribution in [0.4, 0.5) is 4.39 Å². The molecule has 0 spiro atoms. The minimum Gasteiger partial charge on any atom is -0.489 e. The van der Waals surface area contributed by atoms with E-state index in [1.807, 2.05) is 13.0 Å². The third kappa shape index (κ3) is 3.36. The number of nitrogens with two attached hydrogens (primary N) is 1. The van der Waals surface area contributed by atoms with Crippen molar-refractivity contribution in [2.45, 2.75) is 13.5 Å². The molecule has 3 nitrogen and oxygen atoms in total. The second kappa shape index (κ2) is 6.05. The van der Waals surface area contributed by atoms with E-state index in [9.17, 15) is 4.39 Å². The summed E-state index contributed by atoms with van der Waals surface area (Å²) in [5.74, 6) is 0.254. The van der Waals surface area contributed by atoms with E-state index in [0.29, 0.717) is 21.3 Å². The van der Waals surface area contributed by atoms with Crippen LogP contribution in [0, 0.1) is 18.2 Å². The minimum atomic E-state index is -0.320. The smallest absolute Gasteiger partial charge is 0.130 e. The SMILES string of the molecule is Cc1ccc(C(=N)N)cc1OCc1ccc(Br)cc1F. The minimum absolute atomic E-state index is 0.0235. The van der Waals surface area contributed by atoms with Crippen LogP contribution < -0.4 is 10.5 Å². The molecule has 2 aromatic rings. The van der Waals surface area contributed by atoms with Crippen LogP contribution in [-0.4, -0.2) is 5.84 Å². The van der Waals surface area contributed by atoms with Crippen molar-refractivity contribution in [1.82, 2.24) is 0 Å². The molecule has 5 heteroatoms. The molecule has 0 aliphatic heterocycles. The third-order valence-electron chi connectivity index (χ3n) is 2.90. The van der Waals surface area contributed by atoms with E-state index in [1.54, 1.807) is 24.3 Å². The Kier molecular flexibility index (Phi) is 4.39. The first kappa shape index (κ1) is 14.5. The number of amidine groups is 1. The first-order valence-corrected chi connectivity index (χ1v) is 6.78. The lowest BCUT2D eigenvalue weighted by Gasteiger charge is -2.11. The fourth-order valence-corrected chi connectivity index (χ4v) is 2.05. The van der Waals surface area contributed by atoms with Crippen molar-refractivity contribution in [2.75, 3.05) is 0 Å². The van der Waals surface area contributed by atoms with E-state index in [4.69, 9.17) is 15.9 Å². The molecule has 2 rings (SSSR count). The summed E-state index contributed by atoms with van der Waals surface area (Å²) in [4.78, 5) is 0. The Morgan fingerprint density at radius 1 is 1.30 bits per heavy atom. The predicted molar refractivity (Wildman–Crippen MR) is 80.6 cm³/mol. The molecule has 0 unspecified atom stereocenters. The zero-order chi connectivity index (χ0) is 14.7. The van der Waals surface area contributed by atoms with Gasteiger partial charge in [0.25, 0.3) is 0 Å². The molecule has 0 saturated carbocycles. The fourth-order valence-electron chi connectivity index (χ4n) is 1.72. The Morgan fingerprint density at radius 3 is 2.70 bits per heavy atom. The quantitative estimate of drug-likeness (QED) is 0.659. The zero-order valence-electron chi connectivity index (χ0n) is 10.9. The van der Waals surface area contributed by atoms with Crippen molar-refractivity contribution in [3.8, 4) is 5.75 Å². The Hall–Kier alpha value is -1.88. The molecule has 0 aliphatic rings. The van der Waals surface area contributed by atoms with Gasteiger partial charge < -0.3 is 10.5 Å². The molecule has 0 radical (unpaired) electrons.